The minimum absolute atomic E-state index is 0.178. The van der Waals surface area contributed by atoms with E-state index in [1.54, 1.807) is 0 Å². The van der Waals surface area contributed by atoms with Gasteiger partial charge in [-0.3, -0.25) is 4.79 Å². The van der Waals surface area contributed by atoms with Gasteiger partial charge in [-0.2, -0.15) is 0 Å². The standard InChI is InChI=1S/C10H8ClF3O2/c1-6(11)9(15)7-4-2-3-5-8(7)16-10(12,13)14/h2-6H,1H3. The van der Waals surface area contributed by atoms with Gasteiger partial charge < -0.3 is 4.74 Å². The van der Waals surface area contributed by atoms with Crippen LogP contribution in [-0.2, 0) is 0 Å². The van der Waals surface area contributed by atoms with Crippen molar-refractivity contribution in [3.8, 4) is 5.75 Å². The van der Waals surface area contributed by atoms with Crippen LogP contribution < -0.4 is 4.74 Å². The summed E-state index contributed by atoms with van der Waals surface area (Å²) in [5.74, 6) is -1.14. The normalized spacial score (nSPS) is 13.3. The van der Waals surface area contributed by atoms with Crippen LogP contribution in [0.25, 0.3) is 0 Å². The van der Waals surface area contributed by atoms with Gasteiger partial charge in [-0.15, -0.1) is 24.8 Å². The van der Waals surface area contributed by atoms with E-state index in [1.165, 1.54) is 25.1 Å². The average Bonchev–Trinajstić information content (AvgIpc) is 2.15. The maximum absolute atomic E-state index is 12.0. The number of para-hydroxylation sites is 1. The Labute approximate surface area is 95.0 Å². The zero-order valence-corrected chi connectivity index (χ0v) is 8.97. The molecule has 0 aromatic heterocycles. The molecule has 1 unspecified atom stereocenters. The fourth-order valence-corrected chi connectivity index (χ4v) is 1.22. The predicted molar refractivity (Wildman–Crippen MR) is 52.8 cm³/mol. The van der Waals surface area contributed by atoms with Gasteiger partial charge in [-0.05, 0) is 19.1 Å². The number of ether oxygens (including phenoxy) is 1. The van der Waals surface area contributed by atoms with Crippen LogP contribution in [0.3, 0.4) is 0 Å². The third-order valence-electron chi connectivity index (χ3n) is 1.74. The second kappa shape index (κ2) is 4.74. The SMILES string of the molecule is CC(Cl)C(=O)c1ccccc1OC(F)(F)F. The molecule has 0 aliphatic heterocycles. The first kappa shape index (κ1) is 12.8. The van der Waals surface area contributed by atoms with Gasteiger partial charge in [-0.1, -0.05) is 12.1 Å². The molecule has 0 heterocycles. The summed E-state index contributed by atoms with van der Waals surface area (Å²) in [5.41, 5.74) is -0.178. The van der Waals surface area contributed by atoms with E-state index in [9.17, 15) is 18.0 Å². The molecule has 0 spiro atoms. The first-order valence-corrected chi connectivity index (χ1v) is 4.78. The number of alkyl halides is 4. The molecular weight excluding hydrogens is 245 g/mol. The molecule has 16 heavy (non-hydrogen) atoms. The Bertz CT molecular complexity index is 388. The number of hydrogen-bond acceptors (Lipinski definition) is 2. The van der Waals surface area contributed by atoms with E-state index in [2.05, 4.69) is 4.74 Å². The largest absolute Gasteiger partial charge is 0.573 e. The lowest BCUT2D eigenvalue weighted by Crippen LogP contribution is -2.20. The second-order valence-electron chi connectivity index (χ2n) is 3.02. The van der Waals surface area contributed by atoms with Crippen LogP contribution in [0.4, 0.5) is 13.2 Å². The highest BCUT2D eigenvalue weighted by atomic mass is 35.5. The molecule has 1 rings (SSSR count). The van der Waals surface area contributed by atoms with Gasteiger partial charge in [0.15, 0.2) is 5.78 Å². The molecule has 1 atom stereocenters. The third kappa shape index (κ3) is 3.41. The van der Waals surface area contributed by atoms with E-state index in [0.29, 0.717) is 0 Å². The number of ketones is 1. The van der Waals surface area contributed by atoms with Crippen LogP contribution in [0.2, 0.25) is 0 Å². The molecule has 0 radical (unpaired) electrons. The molecule has 0 N–H and O–H groups in total. The van der Waals surface area contributed by atoms with Crippen molar-refractivity contribution in [3.05, 3.63) is 29.8 Å². The molecule has 0 saturated heterocycles. The molecule has 1 aromatic carbocycles. The van der Waals surface area contributed by atoms with Crippen LogP contribution in [0.5, 0.6) is 5.75 Å². The van der Waals surface area contributed by atoms with Gasteiger partial charge in [0.1, 0.15) is 5.75 Å². The van der Waals surface area contributed by atoms with Crippen molar-refractivity contribution in [2.24, 2.45) is 0 Å². The number of carbonyl (C=O) groups excluding carboxylic acids is 1. The van der Waals surface area contributed by atoms with Gasteiger partial charge >= 0.3 is 6.36 Å². The summed E-state index contributed by atoms with van der Waals surface area (Å²) in [5, 5.41) is -0.905. The Morgan fingerprint density at radius 3 is 2.44 bits per heavy atom. The summed E-state index contributed by atoms with van der Waals surface area (Å²) in [6, 6.07) is 5.09. The number of Topliss-reactive ketones (excluding diaryl/α,β-unsaturated/α-hetero) is 1. The monoisotopic (exact) mass is 252 g/mol. The predicted octanol–water partition coefficient (Wildman–Crippen LogP) is 3.40. The highest BCUT2D eigenvalue weighted by molar-refractivity contribution is 6.33. The number of hydrogen-bond donors (Lipinski definition) is 0. The van der Waals surface area contributed by atoms with Crippen molar-refractivity contribution in [3.63, 3.8) is 0 Å². The van der Waals surface area contributed by atoms with Crippen molar-refractivity contribution in [1.29, 1.82) is 0 Å². The number of benzene rings is 1. The first-order valence-electron chi connectivity index (χ1n) is 4.34. The average molecular weight is 253 g/mol. The van der Waals surface area contributed by atoms with Crippen molar-refractivity contribution in [2.45, 2.75) is 18.7 Å². The maximum Gasteiger partial charge on any atom is 0.573 e. The van der Waals surface area contributed by atoms with E-state index < -0.39 is 23.3 Å². The molecule has 0 aliphatic rings. The van der Waals surface area contributed by atoms with Crippen molar-refractivity contribution in [1.82, 2.24) is 0 Å². The lowest BCUT2D eigenvalue weighted by molar-refractivity contribution is -0.274. The van der Waals surface area contributed by atoms with Crippen molar-refractivity contribution < 1.29 is 22.7 Å². The van der Waals surface area contributed by atoms with Gasteiger partial charge in [0.2, 0.25) is 0 Å². The topological polar surface area (TPSA) is 26.3 Å². The van der Waals surface area contributed by atoms with Crippen LogP contribution in [0.15, 0.2) is 24.3 Å². The Morgan fingerprint density at radius 2 is 1.94 bits per heavy atom. The summed E-state index contributed by atoms with van der Waals surface area (Å²) in [4.78, 5) is 11.5. The number of rotatable bonds is 3. The molecule has 1 aromatic rings. The second-order valence-corrected chi connectivity index (χ2v) is 3.68. The first-order chi connectivity index (χ1) is 7.31. The highest BCUT2D eigenvalue weighted by Crippen LogP contribution is 2.27. The van der Waals surface area contributed by atoms with Crippen LogP contribution in [0.1, 0.15) is 17.3 Å². The molecule has 0 amide bonds. The fourth-order valence-electron chi connectivity index (χ4n) is 1.10. The quantitative estimate of drug-likeness (QED) is 0.609. The van der Waals surface area contributed by atoms with E-state index in [1.807, 2.05) is 0 Å². The lowest BCUT2D eigenvalue weighted by atomic mass is 10.1. The maximum atomic E-state index is 12.0. The molecule has 0 aliphatic carbocycles. The Balaban J connectivity index is 3.06. The zero-order chi connectivity index (χ0) is 12.3. The van der Waals surface area contributed by atoms with Gasteiger partial charge in [-0.25, -0.2) is 0 Å². The van der Waals surface area contributed by atoms with Crippen LogP contribution in [0, 0.1) is 0 Å². The summed E-state index contributed by atoms with van der Waals surface area (Å²) in [6.07, 6.45) is -4.83. The Hall–Kier alpha value is -1.23. The zero-order valence-electron chi connectivity index (χ0n) is 8.22. The molecule has 6 heteroatoms. The number of carbonyl (C=O) groups is 1. The lowest BCUT2D eigenvalue weighted by Gasteiger charge is -2.12. The molecule has 2 nitrogen and oxygen atoms in total. The molecule has 0 saturated carbocycles. The summed E-state index contributed by atoms with van der Waals surface area (Å²) in [6.45, 7) is 1.38. The molecule has 88 valence electrons. The Morgan fingerprint density at radius 1 is 1.38 bits per heavy atom. The molecular formula is C10H8ClF3O2. The van der Waals surface area contributed by atoms with Crippen molar-refractivity contribution in [2.75, 3.05) is 0 Å². The number of halogens is 4. The molecule has 0 bridgehead atoms. The van der Waals surface area contributed by atoms with E-state index >= 15 is 0 Å². The summed E-state index contributed by atoms with van der Waals surface area (Å²) >= 11 is 5.52. The third-order valence-corrected chi connectivity index (χ3v) is 1.94. The van der Waals surface area contributed by atoms with E-state index in [-0.39, 0.29) is 5.56 Å². The summed E-state index contributed by atoms with van der Waals surface area (Å²) in [7, 11) is 0. The van der Waals surface area contributed by atoms with Crippen molar-refractivity contribution >= 4 is 17.4 Å². The van der Waals surface area contributed by atoms with E-state index in [4.69, 9.17) is 11.6 Å². The van der Waals surface area contributed by atoms with Gasteiger partial charge in [0.05, 0.1) is 10.9 Å². The minimum Gasteiger partial charge on any atom is -0.405 e. The summed E-state index contributed by atoms with van der Waals surface area (Å²) < 4.78 is 39.8. The molecule has 0 fully saturated rings. The van der Waals surface area contributed by atoms with Gasteiger partial charge in [0, 0.05) is 0 Å². The van der Waals surface area contributed by atoms with Crippen LogP contribution >= 0.6 is 11.6 Å². The van der Waals surface area contributed by atoms with Gasteiger partial charge in [0.25, 0.3) is 0 Å². The highest BCUT2D eigenvalue weighted by Gasteiger charge is 2.33. The van der Waals surface area contributed by atoms with E-state index in [0.717, 1.165) is 6.07 Å². The Kier molecular flexibility index (Phi) is 3.80. The smallest absolute Gasteiger partial charge is 0.405 e. The minimum atomic E-state index is -4.83. The van der Waals surface area contributed by atoms with Crippen LogP contribution in [-0.4, -0.2) is 17.5 Å². The fraction of sp³-hybridized carbons (Fsp3) is 0.300.